The fraction of sp³-hybridized carbons (Fsp3) is 0.462. The van der Waals surface area contributed by atoms with Gasteiger partial charge < -0.3 is 0 Å². The van der Waals surface area contributed by atoms with Crippen molar-refractivity contribution in [2.24, 2.45) is 0 Å². The summed E-state index contributed by atoms with van der Waals surface area (Å²) in [6.07, 6.45) is 2.25. The molecule has 1 atom stereocenters. The molecule has 1 unspecified atom stereocenters. The van der Waals surface area contributed by atoms with Crippen molar-refractivity contribution in [3.8, 4) is 0 Å². The average Bonchev–Trinajstić information content (AvgIpc) is 2.20. The normalized spacial score (nSPS) is 12.9. The fourth-order valence-corrected chi connectivity index (χ4v) is 1.61. The highest BCUT2D eigenvalue weighted by molar-refractivity contribution is 5.33. The van der Waals surface area contributed by atoms with Crippen molar-refractivity contribution in [3.63, 3.8) is 0 Å². The zero-order valence-corrected chi connectivity index (χ0v) is 9.02. The lowest BCUT2D eigenvalue weighted by Crippen LogP contribution is -1.98. The first-order valence-electron chi connectivity index (χ1n) is 5.17. The van der Waals surface area contributed by atoms with Crippen LogP contribution in [0.1, 0.15) is 36.0 Å². The average molecular weight is 193 g/mol. The monoisotopic (exact) mass is 193 g/mol. The summed E-state index contributed by atoms with van der Waals surface area (Å²) in [6.45, 7) is 7.63. The highest BCUT2D eigenvalue weighted by Crippen LogP contribution is 2.19. The second kappa shape index (κ2) is 5.14. The summed E-state index contributed by atoms with van der Waals surface area (Å²) < 4.78 is 12.4. The van der Waals surface area contributed by atoms with E-state index in [1.165, 1.54) is 11.1 Å². The molecule has 0 heterocycles. The molecule has 1 radical (unpaired) electrons. The van der Waals surface area contributed by atoms with Gasteiger partial charge in [0.1, 0.15) is 0 Å². The number of rotatable bonds is 4. The summed E-state index contributed by atoms with van der Waals surface area (Å²) in [5.74, 6) is -0.218. The maximum absolute atomic E-state index is 12.4. The van der Waals surface area contributed by atoms with Crippen LogP contribution < -0.4 is 0 Å². The molecule has 14 heavy (non-hydrogen) atoms. The third-order valence-corrected chi connectivity index (χ3v) is 2.54. The summed E-state index contributed by atoms with van der Waals surface area (Å²) in [6, 6.07) is 6.15. The SMILES string of the molecule is [CH2]C(CF)c1ccc(CCC)c(C)c1. The van der Waals surface area contributed by atoms with Gasteiger partial charge in [-0.1, -0.05) is 31.5 Å². The van der Waals surface area contributed by atoms with Gasteiger partial charge in [0.15, 0.2) is 0 Å². The lowest BCUT2D eigenvalue weighted by molar-refractivity contribution is 0.465. The van der Waals surface area contributed by atoms with Crippen LogP contribution >= 0.6 is 0 Å². The summed E-state index contributed by atoms with van der Waals surface area (Å²) in [5.41, 5.74) is 3.62. The van der Waals surface area contributed by atoms with Crippen LogP contribution in [0.15, 0.2) is 18.2 Å². The third-order valence-electron chi connectivity index (χ3n) is 2.54. The molecule has 0 aliphatic carbocycles. The van der Waals surface area contributed by atoms with Crippen LogP contribution in [0.25, 0.3) is 0 Å². The molecule has 0 fully saturated rings. The van der Waals surface area contributed by atoms with Crippen LogP contribution in [0, 0.1) is 13.8 Å². The number of benzene rings is 1. The van der Waals surface area contributed by atoms with E-state index in [0.29, 0.717) is 0 Å². The van der Waals surface area contributed by atoms with Gasteiger partial charge in [0.05, 0.1) is 6.67 Å². The molecule has 0 saturated carbocycles. The van der Waals surface area contributed by atoms with Gasteiger partial charge in [0.2, 0.25) is 0 Å². The Kier molecular flexibility index (Phi) is 4.12. The van der Waals surface area contributed by atoms with Crippen LogP contribution in [0.4, 0.5) is 4.39 Å². The first-order chi connectivity index (χ1) is 6.69. The van der Waals surface area contributed by atoms with E-state index in [1.54, 1.807) is 0 Å². The summed E-state index contributed by atoms with van der Waals surface area (Å²) >= 11 is 0. The van der Waals surface area contributed by atoms with E-state index in [-0.39, 0.29) is 12.6 Å². The van der Waals surface area contributed by atoms with Crippen molar-refractivity contribution in [1.82, 2.24) is 0 Å². The maximum Gasteiger partial charge on any atom is 0.0962 e. The molecule has 77 valence electrons. The van der Waals surface area contributed by atoms with Crippen LogP contribution in [0.2, 0.25) is 0 Å². The molecule has 0 aromatic heterocycles. The Bertz CT molecular complexity index is 291. The number of hydrogen-bond acceptors (Lipinski definition) is 0. The van der Waals surface area contributed by atoms with Gasteiger partial charge in [-0.3, -0.25) is 4.39 Å². The number of halogens is 1. The molecule has 0 nitrogen and oxygen atoms in total. The van der Waals surface area contributed by atoms with Crippen molar-refractivity contribution < 1.29 is 4.39 Å². The van der Waals surface area contributed by atoms with E-state index in [2.05, 4.69) is 32.9 Å². The first-order valence-corrected chi connectivity index (χ1v) is 5.17. The maximum atomic E-state index is 12.4. The first kappa shape index (κ1) is 11.2. The number of aryl methyl sites for hydroxylation is 2. The molecule has 0 spiro atoms. The van der Waals surface area contributed by atoms with Crippen LogP contribution in [-0.4, -0.2) is 6.67 Å². The topological polar surface area (TPSA) is 0 Å². The van der Waals surface area contributed by atoms with Crippen LogP contribution in [0.3, 0.4) is 0 Å². The molecule has 1 heteroatoms. The zero-order chi connectivity index (χ0) is 10.6. The van der Waals surface area contributed by atoms with Gasteiger partial charge in [0.25, 0.3) is 0 Å². The molecule has 1 rings (SSSR count). The van der Waals surface area contributed by atoms with Gasteiger partial charge in [-0.05, 0) is 37.0 Å². The lowest BCUT2D eigenvalue weighted by Gasteiger charge is -2.11. The van der Waals surface area contributed by atoms with Crippen molar-refractivity contribution >= 4 is 0 Å². The molecule has 0 saturated heterocycles. The molecular weight excluding hydrogens is 175 g/mol. The van der Waals surface area contributed by atoms with E-state index >= 15 is 0 Å². The largest absolute Gasteiger partial charge is 0.250 e. The smallest absolute Gasteiger partial charge is 0.0962 e. The van der Waals surface area contributed by atoms with Crippen LogP contribution in [-0.2, 0) is 6.42 Å². The Morgan fingerprint density at radius 1 is 1.43 bits per heavy atom. The fourth-order valence-electron chi connectivity index (χ4n) is 1.61. The van der Waals surface area contributed by atoms with Gasteiger partial charge in [-0.2, -0.15) is 0 Å². The highest BCUT2D eigenvalue weighted by atomic mass is 19.1. The molecule has 0 N–H and O–H groups in total. The number of hydrogen-bond donors (Lipinski definition) is 0. The van der Waals surface area contributed by atoms with Gasteiger partial charge in [-0.15, -0.1) is 0 Å². The molecule has 0 amide bonds. The highest BCUT2D eigenvalue weighted by Gasteiger charge is 2.06. The van der Waals surface area contributed by atoms with Crippen molar-refractivity contribution in [2.75, 3.05) is 6.67 Å². The summed E-state index contributed by atoms with van der Waals surface area (Å²) in [5, 5.41) is 0. The second-order valence-electron chi connectivity index (χ2n) is 3.79. The molecule has 0 aliphatic rings. The van der Waals surface area contributed by atoms with Gasteiger partial charge in [-0.25, -0.2) is 0 Å². The minimum absolute atomic E-state index is 0.218. The number of alkyl halides is 1. The Balaban J connectivity index is 2.88. The Morgan fingerprint density at radius 3 is 2.64 bits per heavy atom. The Hall–Kier alpha value is -0.850. The predicted octanol–water partition coefficient (Wildman–Crippen LogP) is 3.83. The van der Waals surface area contributed by atoms with Gasteiger partial charge >= 0.3 is 0 Å². The summed E-state index contributed by atoms with van der Waals surface area (Å²) in [7, 11) is 0. The standard InChI is InChI=1S/C13H18F/c1-4-5-12-6-7-13(8-10(12)2)11(3)9-14/h6-8,11H,3-5,9H2,1-2H3. The van der Waals surface area contributed by atoms with E-state index in [0.717, 1.165) is 18.4 Å². The van der Waals surface area contributed by atoms with Crippen molar-refractivity contribution in [1.29, 1.82) is 0 Å². The van der Waals surface area contributed by atoms with Crippen molar-refractivity contribution in [2.45, 2.75) is 32.6 Å². The molecule has 1 aromatic rings. The van der Waals surface area contributed by atoms with E-state index in [9.17, 15) is 4.39 Å². The van der Waals surface area contributed by atoms with Crippen molar-refractivity contribution in [3.05, 3.63) is 41.8 Å². The second-order valence-corrected chi connectivity index (χ2v) is 3.79. The van der Waals surface area contributed by atoms with E-state index in [4.69, 9.17) is 0 Å². The molecule has 1 aromatic carbocycles. The minimum Gasteiger partial charge on any atom is -0.250 e. The van der Waals surface area contributed by atoms with E-state index in [1.807, 2.05) is 6.07 Å². The van der Waals surface area contributed by atoms with E-state index < -0.39 is 0 Å². The summed E-state index contributed by atoms with van der Waals surface area (Å²) in [4.78, 5) is 0. The minimum atomic E-state index is -0.382. The van der Waals surface area contributed by atoms with Crippen LogP contribution in [0.5, 0.6) is 0 Å². The lowest BCUT2D eigenvalue weighted by atomic mass is 9.96. The molecule has 0 bridgehead atoms. The Labute approximate surface area is 86.2 Å². The quantitative estimate of drug-likeness (QED) is 0.681. The zero-order valence-electron chi connectivity index (χ0n) is 9.02. The molecule has 0 aliphatic heterocycles. The third kappa shape index (κ3) is 2.57. The predicted molar refractivity (Wildman–Crippen MR) is 59.2 cm³/mol. The van der Waals surface area contributed by atoms with Gasteiger partial charge in [0, 0.05) is 5.92 Å². The Morgan fingerprint density at radius 2 is 2.14 bits per heavy atom. The molecular formula is C13H18F.